The lowest BCUT2D eigenvalue weighted by molar-refractivity contribution is -0.252. The molecule has 0 aromatic rings. The van der Waals surface area contributed by atoms with E-state index in [9.17, 15) is 10.2 Å². The Kier molecular flexibility index (Phi) is 9.46. The Morgan fingerprint density at radius 3 is 2.48 bits per heavy atom. The van der Waals surface area contributed by atoms with Gasteiger partial charge in [-0.05, 0) is 43.6 Å². The molecule has 0 aromatic carbocycles. The normalized spacial score (nSPS) is 22.4. The van der Waals surface area contributed by atoms with Crippen LogP contribution in [0.3, 0.4) is 0 Å². The molecule has 2 unspecified atom stereocenters. The lowest BCUT2D eigenvalue weighted by Gasteiger charge is -2.24. The van der Waals surface area contributed by atoms with Crippen molar-refractivity contribution in [2.45, 2.75) is 51.0 Å². The summed E-state index contributed by atoms with van der Waals surface area (Å²) < 4.78 is 0. The van der Waals surface area contributed by atoms with Crippen LogP contribution in [0, 0.1) is 0 Å². The number of unbranched alkanes of at least 4 members (excludes halogenated alkanes) is 1. The summed E-state index contributed by atoms with van der Waals surface area (Å²) in [6.45, 7) is 8.57. The Bertz CT molecular complexity index is 332. The van der Waals surface area contributed by atoms with Crippen LogP contribution in [0.1, 0.15) is 38.5 Å². The molecule has 122 valence electrons. The van der Waals surface area contributed by atoms with E-state index >= 15 is 0 Å². The predicted octanol–water partition coefficient (Wildman–Crippen LogP) is 2.58. The summed E-state index contributed by atoms with van der Waals surface area (Å²) in [6.07, 6.45) is 3.33. The zero-order chi connectivity index (χ0) is 15.7. The molecule has 0 radical (unpaired) electrons. The number of nitrogens with zero attached hydrogens (tertiary/aromatic N) is 1. The van der Waals surface area contributed by atoms with Gasteiger partial charge in [0, 0.05) is 12.2 Å². The lowest BCUT2D eigenvalue weighted by atomic mass is 10.2. The van der Waals surface area contributed by atoms with Crippen LogP contribution >= 0.6 is 21.6 Å². The van der Waals surface area contributed by atoms with Gasteiger partial charge in [0.25, 0.3) is 0 Å². The van der Waals surface area contributed by atoms with Gasteiger partial charge in [-0.15, -0.1) is 0 Å². The molecule has 1 saturated heterocycles. The molecule has 0 spiro atoms. The fraction of sp³-hybridized carbons (Fsp3) is 0.714. The van der Waals surface area contributed by atoms with Crippen LogP contribution in [-0.4, -0.2) is 40.0 Å². The van der Waals surface area contributed by atoms with Gasteiger partial charge < -0.3 is 20.8 Å². The predicted molar refractivity (Wildman–Crippen MR) is 90.0 cm³/mol. The van der Waals surface area contributed by atoms with Gasteiger partial charge >= 0.3 is 0 Å². The van der Waals surface area contributed by atoms with Crippen molar-refractivity contribution >= 4 is 21.6 Å². The summed E-state index contributed by atoms with van der Waals surface area (Å²) in [4.78, 5) is 6.56. The average molecular weight is 335 g/mol. The Morgan fingerprint density at radius 1 is 1.19 bits per heavy atom. The Labute approximate surface area is 135 Å². The Balaban J connectivity index is 2.07. The van der Waals surface area contributed by atoms with Gasteiger partial charge in [-0.1, -0.05) is 39.8 Å². The Morgan fingerprint density at radius 2 is 1.86 bits per heavy atom. The number of nitrogens with two attached hydrogens (primary N) is 1. The van der Waals surface area contributed by atoms with Crippen molar-refractivity contribution in [1.82, 2.24) is 5.06 Å². The number of hydrogen-bond acceptors (Lipinski definition) is 7. The standard InChI is InChI=1S/C14H26N2O3S2/c1-11(19-16-13(17)6-7-14(16)18)8-10-20-21-12(2)5-3-4-9-15/h13-14,17-18H,1-10,15H2. The largest absolute Gasteiger partial charge is 0.406 e. The zero-order valence-corrected chi connectivity index (χ0v) is 14.0. The molecule has 0 bridgehead atoms. The van der Waals surface area contributed by atoms with Crippen LogP contribution < -0.4 is 5.73 Å². The molecule has 0 amide bonds. The number of aliphatic hydroxyl groups is 2. The fourth-order valence-electron chi connectivity index (χ4n) is 1.86. The number of rotatable bonds is 11. The summed E-state index contributed by atoms with van der Waals surface area (Å²) in [5.74, 6) is 1.40. The van der Waals surface area contributed by atoms with Gasteiger partial charge in [-0.25, -0.2) is 0 Å². The quantitative estimate of drug-likeness (QED) is 0.304. The van der Waals surface area contributed by atoms with Gasteiger partial charge in [-0.3, -0.25) is 0 Å². The maximum Gasteiger partial charge on any atom is 0.143 e. The number of hydrogen-bond donors (Lipinski definition) is 3. The first-order chi connectivity index (χ1) is 10.0. The molecular weight excluding hydrogens is 308 g/mol. The minimum atomic E-state index is -0.749. The smallest absolute Gasteiger partial charge is 0.143 e. The third-order valence-corrected chi connectivity index (χ3v) is 5.54. The van der Waals surface area contributed by atoms with Crippen molar-refractivity contribution in [3.05, 3.63) is 23.8 Å². The average Bonchev–Trinajstić information content (AvgIpc) is 2.76. The molecule has 1 heterocycles. The second kappa shape index (κ2) is 10.5. The molecule has 0 aromatic heterocycles. The van der Waals surface area contributed by atoms with E-state index < -0.39 is 12.5 Å². The molecule has 2 atom stereocenters. The molecule has 1 aliphatic heterocycles. The van der Waals surface area contributed by atoms with Crippen molar-refractivity contribution < 1.29 is 15.1 Å². The molecule has 4 N–H and O–H groups in total. The van der Waals surface area contributed by atoms with Crippen molar-refractivity contribution in [3.63, 3.8) is 0 Å². The zero-order valence-electron chi connectivity index (χ0n) is 12.4. The van der Waals surface area contributed by atoms with E-state index in [1.165, 1.54) is 5.06 Å². The minimum Gasteiger partial charge on any atom is -0.406 e. The highest BCUT2D eigenvalue weighted by Gasteiger charge is 2.32. The van der Waals surface area contributed by atoms with Crippen LogP contribution in [0.4, 0.5) is 0 Å². The number of allylic oxidation sites excluding steroid dienone is 2. The van der Waals surface area contributed by atoms with Crippen LogP contribution in [0.15, 0.2) is 23.8 Å². The molecular formula is C14H26N2O3S2. The van der Waals surface area contributed by atoms with Crippen LogP contribution in [-0.2, 0) is 4.84 Å². The molecule has 21 heavy (non-hydrogen) atoms. The SMILES string of the molecule is C=C(CCSSC(=C)CCCCN)ON1C(O)CCC1O. The molecule has 0 saturated carbocycles. The van der Waals surface area contributed by atoms with Crippen molar-refractivity contribution in [1.29, 1.82) is 0 Å². The van der Waals surface area contributed by atoms with E-state index in [2.05, 4.69) is 13.2 Å². The van der Waals surface area contributed by atoms with E-state index in [0.717, 1.165) is 36.5 Å². The van der Waals surface area contributed by atoms with Crippen molar-refractivity contribution in [2.75, 3.05) is 12.3 Å². The molecule has 0 aliphatic carbocycles. The van der Waals surface area contributed by atoms with Crippen molar-refractivity contribution in [3.8, 4) is 0 Å². The molecule has 1 fully saturated rings. The number of aliphatic hydroxyl groups excluding tert-OH is 2. The molecule has 7 heteroatoms. The van der Waals surface area contributed by atoms with E-state index in [1.54, 1.807) is 21.6 Å². The second-order valence-electron chi connectivity index (χ2n) is 4.97. The highest BCUT2D eigenvalue weighted by atomic mass is 33.1. The van der Waals surface area contributed by atoms with E-state index in [1.807, 2.05) is 0 Å². The van der Waals surface area contributed by atoms with E-state index in [-0.39, 0.29) is 0 Å². The fourth-order valence-corrected chi connectivity index (χ4v) is 3.89. The summed E-state index contributed by atoms with van der Waals surface area (Å²) in [5.41, 5.74) is 5.45. The third kappa shape index (κ3) is 7.58. The highest BCUT2D eigenvalue weighted by molar-refractivity contribution is 8.78. The van der Waals surface area contributed by atoms with Gasteiger partial charge in [0.15, 0.2) is 0 Å². The summed E-state index contributed by atoms with van der Waals surface area (Å²) in [6, 6.07) is 0. The van der Waals surface area contributed by atoms with Crippen LogP contribution in [0.5, 0.6) is 0 Å². The van der Waals surface area contributed by atoms with Gasteiger partial charge in [-0.2, -0.15) is 0 Å². The molecule has 1 aliphatic rings. The van der Waals surface area contributed by atoms with Crippen molar-refractivity contribution in [2.24, 2.45) is 5.73 Å². The minimum absolute atomic E-state index is 0.516. The number of hydroxylamine groups is 2. The third-order valence-electron chi connectivity index (χ3n) is 3.06. The van der Waals surface area contributed by atoms with Crippen LogP contribution in [0.2, 0.25) is 0 Å². The second-order valence-corrected chi connectivity index (χ2v) is 7.56. The maximum absolute atomic E-state index is 9.63. The summed E-state index contributed by atoms with van der Waals surface area (Å²) in [5, 5.41) is 20.5. The van der Waals surface area contributed by atoms with Gasteiger partial charge in [0.1, 0.15) is 18.2 Å². The topological polar surface area (TPSA) is 79.0 Å². The van der Waals surface area contributed by atoms with Crippen LogP contribution in [0.25, 0.3) is 0 Å². The first-order valence-electron chi connectivity index (χ1n) is 7.22. The molecule has 5 nitrogen and oxygen atoms in total. The lowest BCUT2D eigenvalue weighted by Crippen LogP contribution is -2.35. The van der Waals surface area contributed by atoms with E-state index in [4.69, 9.17) is 10.6 Å². The monoisotopic (exact) mass is 334 g/mol. The Hall–Kier alpha value is -0.180. The van der Waals surface area contributed by atoms with Gasteiger partial charge in [0.05, 0.1) is 0 Å². The first kappa shape index (κ1) is 18.9. The van der Waals surface area contributed by atoms with Gasteiger partial charge in [0.2, 0.25) is 0 Å². The first-order valence-corrected chi connectivity index (χ1v) is 9.54. The summed E-state index contributed by atoms with van der Waals surface area (Å²) >= 11 is 0. The summed E-state index contributed by atoms with van der Waals surface area (Å²) in [7, 11) is 3.39. The highest BCUT2D eigenvalue weighted by Crippen LogP contribution is 2.33. The molecule has 1 rings (SSSR count). The maximum atomic E-state index is 9.63. The van der Waals surface area contributed by atoms with E-state index in [0.29, 0.717) is 25.0 Å².